The van der Waals surface area contributed by atoms with Gasteiger partial charge in [-0.3, -0.25) is 4.79 Å². The standard InChI is InChI=1S/C21H21NO2/c1-16(14-17-8-4-2-5-9-17)21(24)19-12-13-22(20(19)15-23)18-10-6-3-7-11-18/h2-11,15,19-20H,1,12-14H2. The fourth-order valence-corrected chi connectivity index (χ4v) is 3.38. The highest BCUT2D eigenvalue weighted by Crippen LogP contribution is 2.31. The lowest BCUT2D eigenvalue weighted by atomic mass is 9.89. The van der Waals surface area contributed by atoms with E-state index in [0.29, 0.717) is 25.0 Å². The fourth-order valence-electron chi connectivity index (χ4n) is 3.38. The van der Waals surface area contributed by atoms with Crippen molar-refractivity contribution in [2.75, 3.05) is 11.4 Å². The highest BCUT2D eigenvalue weighted by atomic mass is 16.1. The van der Waals surface area contributed by atoms with Crippen molar-refractivity contribution < 1.29 is 9.59 Å². The number of rotatable bonds is 6. The van der Waals surface area contributed by atoms with Crippen LogP contribution in [0.1, 0.15) is 12.0 Å². The summed E-state index contributed by atoms with van der Waals surface area (Å²) in [5, 5.41) is 0. The number of ketones is 1. The fraction of sp³-hybridized carbons (Fsp3) is 0.238. The van der Waals surface area contributed by atoms with E-state index in [1.807, 2.05) is 65.6 Å². The number of carbonyl (C=O) groups is 2. The van der Waals surface area contributed by atoms with Crippen LogP contribution in [0.4, 0.5) is 5.69 Å². The Bertz CT molecular complexity index is 724. The zero-order valence-electron chi connectivity index (χ0n) is 13.6. The smallest absolute Gasteiger partial charge is 0.164 e. The molecule has 1 saturated heterocycles. The molecular formula is C21H21NO2. The van der Waals surface area contributed by atoms with E-state index >= 15 is 0 Å². The van der Waals surface area contributed by atoms with Crippen LogP contribution in [0.2, 0.25) is 0 Å². The van der Waals surface area contributed by atoms with Gasteiger partial charge >= 0.3 is 0 Å². The second kappa shape index (κ2) is 7.26. The Balaban J connectivity index is 1.73. The molecule has 0 aliphatic carbocycles. The van der Waals surface area contributed by atoms with Crippen LogP contribution in [0.5, 0.6) is 0 Å². The van der Waals surface area contributed by atoms with Gasteiger partial charge in [-0.2, -0.15) is 0 Å². The van der Waals surface area contributed by atoms with Crippen molar-refractivity contribution >= 4 is 17.8 Å². The Kier molecular flexibility index (Phi) is 4.90. The predicted octanol–water partition coefficient (Wildman–Crippen LogP) is 3.45. The van der Waals surface area contributed by atoms with Gasteiger partial charge in [0.25, 0.3) is 0 Å². The summed E-state index contributed by atoms with van der Waals surface area (Å²) in [5.41, 5.74) is 2.63. The van der Waals surface area contributed by atoms with Crippen LogP contribution in [0.3, 0.4) is 0 Å². The van der Waals surface area contributed by atoms with Gasteiger partial charge in [0.1, 0.15) is 6.29 Å². The third kappa shape index (κ3) is 3.30. The summed E-state index contributed by atoms with van der Waals surface area (Å²) in [5.74, 6) is -0.298. The van der Waals surface area contributed by atoms with Gasteiger partial charge in [0, 0.05) is 18.7 Å². The number of anilines is 1. The summed E-state index contributed by atoms with van der Waals surface area (Å²) in [7, 11) is 0. The molecule has 122 valence electrons. The van der Waals surface area contributed by atoms with Gasteiger partial charge in [0.05, 0.1) is 12.0 Å². The number of carbonyl (C=O) groups excluding carboxylic acids is 2. The minimum absolute atomic E-state index is 0.00869. The highest BCUT2D eigenvalue weighted by molar-refractivity contribution is 6.00. The Hall–Kier alpha value is -2.68. The minimum Gasteiger partial charge on any atom is -0.361 e. The first kappa shape index (κ1) is 16.2. The molecule has 2 aromatic carbocycles. The molecule has 0 radical (unpaired) electrons. The number of hydrogen-bond acceptors (Lipinski definition) is 3. The van der Waals surface area contributed by atoms with Crippen LogP contribution in [-0.2, 0) is 16.0 Å². The third-order valence-corrected chi connectivity index (χ3v) is 4.63. The van der Waals surface area contributed by atoms with Crippen molar-refractivity contribution in [1.82, 2.24) is 0 Å². The van der Waals surface area contributed by atoms with Crippen molar-refractivity contribution in [3.8, 4) is 0 Å². The number of allylic oxidation sites excluding steroid dienone is 1. The van der Waals surface area contributed by atoms with Crippen LogP contribution in [0, 0.1) is 5.92 Å². The van der Waals surface area contributed by atoms with Crippen molar-refractivity contribution in [2.45, 2.75) is 18.9 Å². The monoisotopic (exact) mass is 319 g/mol. The minimum atomic E-state index is -0.410. The second-order valence-electron chi connectivity index (χ2n) is 6.18. The van der Waals surface area contributed by atoms with Gasteiger partial charge in [-0.15, -0.1) is 0 Å². The molecule has 1 heterocycles. The van der Waals surface area contributed by atoms with Crippen LogP contribution >= 0.6 is 0 Å². The molecule has 2 atom stereocenters. The van der Waals surface area contributed by atoms with E-state index < -0.39 is 6.04 Å². The molecule has 3 heteroatoms. The van der Waals surface area contributed by atoms with E-state index in [4.69, 9.17) is 0 Å². The van der Waals surface area contributed by atoms with Crippen molar-refractivity contribution in [1.29, 1.82) is 0 Å². The van der Waals surface area contributed by atoms with Gasteiger partial charge < -0.3 is 9.69 Å². The molecule has 2 unspecified atom stereocenters. The topological polar surface area (TPSA) is 37.4 Å². The van der Waals surface area contributed by atoms with Gasteiger partial charge in [-0.1, -0.05) is 55.1 Å². The van der Waals surface area contributed by atoms with Crippen LogP contribution in [0.15, 0.2) is 72.8 Å². The predicted molar refractivity (Wildman–Crippen MR) is 96.0 cm³/mol. The molecule has 2 aromatic rings. The maximum atomic E-state index is 12.8. The van der Waals surface area contributed by atoms with Gasteiger partial charge in [0.2, 0.25) is 0 Å². The Morgan fingerprint density at radius 3 is 2.33 bits per heavy atom. The summed E-state index contributed by atoms with van der Waals surface area (Å²) in [6.45, 7) is 4.69. The van der Waals surface area contributed by atoms with Crippen LogP contribution in [0.25, 0.3) is 0 Å². The van der Waals surface area contributed by atoms with E-state index in [-0.39, 0.29) is 11.7 Å². The molecule has 0 aromatic heterocycles. The Morgan fingerprint density at radius 2 is 1.71 bits per heavy atom. The normalized spacial score (nSPS) is 19.9. The average Bonchev–Trinajstić information content (AvgIpc) is 3.06. The second-order valence-corrected chi connectivity index (χ2v) is 6.18. The lowest BCUT2D eigenvalue weighted by Gasteiger charge is -2.25. The molecule has 0 N–H and O–H groups in total. The van der Waals surface area contributed by atoms with Crippen molar-refractivity contribution in [2.24, 2.45) is 5.92 Å². The SMILES string of the molecule is C=C(Cc1ccccc1)C(=O)C1CCN(c2ccccc2)C1C=O. The molecular weight excluding hydrogens is 298 g/mol. The molecule has 0 saturated carbocycles. The number of aldehydes is 1. The molecule has 0 spiro atoms. The molecule has 1 aliphatic heterocycles. The number of para-hydroxylation sites is 1. The van der Waals surface area contributed by atoms with Crippen LogP contribution < -0.4 is 4.90 Å². The quantitative estimate of drug-likeness (QED) is 0.604. The highest BCUT2D eigenvalue weighted by Gasteiger charge is 2.39. The molecule has 1 aliphatic rings. The third-order valence-electron chi connectivity index (χ3n) is 4.63. The lowest BCUT2D eigenvalue weighted by molar-refractivity contribution is -0.121. The first-order valence-electron chi connectivity index (χ1n) is 8.23. The summed E-state index contributed by atoms with van der Waals surface area (Å²) in [4.78, 5) is 26.5. The van der Waals surface area contributed by atoms with E-state index in [1.54, 1.807) is 0 Å². The number of benzene rings is 2. The number of nitrogens with zero attached hydrogens (tertiary/aromatic N) is 1. The number of Topliss-reactive ketones (excluding diaryl/α,β-unsaturated/α-hetero) is 1. The number of hydrogen-bond donors (Lipinski definition) is 0. The zero-order chi connectivity index (χ0) is 16.9. The van der Waals surface area contributed by atoms with Gasteiger partial charge in [-0.05, 0) is 29.7 Å². The van der Waals surface area contributed by atoms with E-state index in [9.17, 15) is 9.59 Å². The molecule has 3 nitrogen and oxygen atoms in total. The lowest BCUT2D eigenvalue weighted by Crippen LogP contribution is -2.37. The van der Waals surface area contributed by atoms with Gasteiger partial charge in [0.15, 0.2) is 5.78 Å². The summed E-state index contributed by atoms with van der Waals surface area (Å²) in [6.07, 6.45) is 2.12. The maximum Gasteiger partial charge on any atom is 0.164 e. The first-order valence-corrected chi connectivity index (χ1v) is 8.23. The average molecular weight is 319 g/mol. The zero-order valence-corrected chi connectivity index (χ0v) is 13.6. The Labute approximate surface area is 142 Å². The molecule has 0 amide bonds. The first-order chi connectivity index (χ1) is 11.7. The largest absolute Gasteiger partial charge is 0.361 e. The van der Waals surface area contributed by atoms with E-state index in [2.05, 4.69) is 6.58 Å². The Morgan fingerprint density at radius 1 is 1.08 bits per heavy atom. The van der Waals surface area contributed by atoms with Crippen LogP contribution in [-0.4, -0.2) is 24.7 Å². The molecule has 3 rings (SSSR count). The molecule has 24 heavy (non-hydrogen) atoms. The molecule has 1 fully saturated rings. The van der Waals surface area contributed by atoms with E-state index in [1.165, 1.54) is 0 Å². The molecule has 0 bridgehead atoms. The van der Waals surface area contributed by atoms with E-state index in [0.717, 1.165) is 17.5 Å². The van der Waals surface area contributed by atoms with Crippen molar-refractivity contribution in [3.63, 3.8) is 0 Å². The maximum absolute atomic E-state index is 12.8. The van der Waals surface area contributed by atoms with Gasteiger partial charge in [-0.25, -0.2) is 0 Å². The van der Waals surface area contributed by atoms with Crippen molar-refractivity contribution in [3.05, 3.63) is 78.4 Å². The summed E-state index contributed by atoms with van der Waals surface area (Å²) >= 11 is 0. The summed E-state index contributed by atoms with van der Waals surface area (Å²) in [6, 6.07) is 19.2. The summed E-state index contributed by atoms with van der Waals surface area (Å²) < 4.78 is 0.